The van der Waals surface area contributed by atoms with E-state index in [9.17, 15) is 62.8 Å². The van der Waals surface area contributed by atoms with Crippen LogP contribution in [0.25, 0.3) is 0 Å². The summed E-state index contributed by atoms with van der Waals surface area (Å²) in [5.74, 6) is -10.6. The molecule has 6 amide bonds. The number of benzene rings is 3. The van der Waals surface area contributed by atoms with Crippen LogP contribution in [-0.4, -0.2) is 229 Å². The summed E-state index contributed by atoms with van der Waals surface area (Å²) in [5, 5.41) is 20.4. The molecule has 1 unspecified atom stereocenters. The van der Waals surface area contributed by atoms with Crippen molar-refractivity contribution in [3.63, 3.8) is 0 Å². The van der Waals surface area contributed by atoms with Crippen LogP contribution >= 0.6 is 8.30 Å². The molecule has 0 spiro atoms. The van der Waals surface area contributed by atoms with Crippen molar-refractivity contribution in [3.8, 4) is 17.6 Å². The number of carbonyl (C=O) groups excluding carboxylic acids is 12. The Morgan fingerprint density at radius 1 is 0.555 bits per heavy atom. The molecular formula is C74H103N8O27P. The molecule has 0 bridgehead atoms. The number of nitrogens with one attached hydrogen (secondary N) is 4. The van der Waals surface area contributed by atoms with Crippen molar-refractivity contribution in [2.75, 3.05) is 79.7 Å². The number of nitrogens with zero attached hydrogens (tertiary/aromatic N) is 2. The second-order valence-corrected chi connectivity index (χ2v) is 28.0. The Balaban J connectivity index is 1.37. The zero-order valence-electron chi connectivity index (χ0n) is 63.9. The molecule has 2 aliphatic rings. The van der Waals surface area contributed by atoms with Crippen LogP contribution in [0, 0.1) is 23.2 Å². The van der Waals surface area contributed by atoms with E-state index in [-0.39, 0.29) is 70.6 Å². The van der Waals surface area contributed by atoms with Gasteiger partial charge in [-0.3, -0.25) is 57.4 Å². The van der Waals surface area contributed by atoms with E-state index < -0.39 is 198 Å². The monoisotopic (exact) mass is 1570 g/mol. The summed E-state index contributed by atoms with van der Waals surface area (Å²) >= 11 is 0. The molecule has 35 nitrogen and oxygen atoms in total. The molecule has 2 heterocycles. The van der Waals surface area contributed by atoms with E-state index in [0.29, 0.717) is 17.7 Å². The minimum atomic E-state index is -1.64. The molecule has 110 heavy (non-hydrogen) atoms. The maximum Gasteiger partial charge on any atom is 0.407 e. The van der Waals surface area contributed by atoms with E-state index in [1.165, 1.54) is 0 Å². The van der Waals surface area contributed by atoms with Gasteiger partial charge < -0.3 is 104 Å². The Labute approximate surface area is 639 Å². The Bertz CT molecular complexity index is 3510. The lowest BCUT2D eigenvalue weighted by Gasteiger charge is -2.44. The van der Waals surface area contributed by atoms with Crippen molar-refractivity contribution in [2.24, 2.45) is 23.3 Å². The Kier molecular flexibility index (Phi) is 38.1. The molecule has 3 aromatic rings. The summed E-state index contributed by atoms with van der Waals surface area (Å²) in [6.07, 6.45) is -14.1. The van der Waals surface area contributed by atoms with E-state index >= 15 is 0 Å². The van der Waals surface area contributed by atoms with E-state index in [0.717, 1.165) is 58.2 Å². The number of nitrogens with two attached hydrogens (primary N) is 2. The molecule has 36 heteroatoms. The number of nitriles is 1. The first-order valence-electron chi connectivity index (χ1n) is 35.7. The molecule has 606 valence electrons. The minimum absolute atomic E-state index is 0.0321. The van der Waals surface area contributed by atoms with Gasteiger partial charge in [-0.25, -0.2) is 4.79 Å². The molecule has 0 aliphatic carbocycles. The number of ether oxygens (including phenoxy) is 14. The summed E-state index contributed by atoms with van der Waals surface area (Å²) in [6, 6.07) is 25.2. The molecule has 2 saturated heterocycles. The van der Waals surface area contributed by atoms with Gasteiger partial charge in [-0.15, -0.1) is 0 Å². The van der Waals surface area contributed by atoms with Crippen molar-refractivity contribution in [3.05, 3.63) is 95.6 Å². The predicted molar refractivity (Wildman–Crippen MR) is 388 cm³/mol. The molecule has 5 rings (SSSR count). The summed E-state index contributed by atoms with van der Waals surface area (Å²) in [6.45, 7) is 10.7. The third-order valence-corrected chi connectivity index (χ3v) is 19.5. The van der Waals surface area contributed by atoms with Gasteiger partial charge in [0, 0.05) is 98.7 Å². The average Bonchev–Trinajstić information content (AvgIpc) is 0.756. The zero-order chi connectivity index (χ0) is 81.2. The first-order chi connectivity index (χ1) is 52.3. The number of carbonyl (C=O) groups is 12. The van der Waals surface area contributed by atoms with Crippen molar-refractivity contribution in [1.82, 2.24) is 25.9 Å². The second kappa shape index (κ2) is 46.1. The summed E-state index contributed by atoms with van der Waals surface area (Å²) in [5.41, 5.74) is 12.1. The fourth-order valence-electron chi connectivity index (χ4n) is 12.5. The van der Waals surface area contributed by atoms with Gasteiger partial charge in [-0.1, -0.05) is 54.6 Å². The number of hydrogen-bond acceptors (Lipinski definition) is 29. The van der Waals surface area contributed by atoms with Crippen LogP contribution < -0.4 is 42.2 Å². The largest absolute Gasteiger partial charge is 0.497 e. The van der Waals surface area contributed by atoms with Gasteiger partial charge in [0.15, 0.2) is 24.8 Å². The molecule has 8 N–H and O–H groups in total. The second-order valence-electron chi connectivity index (χ2n) is 26.2. The highest BCUT2D eigenvalue weighted by Gasteiger charge is 2.53. The van der Waals surface area contributed by atoms with Crippen molar-refractivity contribution in [2.45, 2.75) is 187 Å². The van der Waals surface area contributed by atoms with E-state index in [1.54, 1.807) is 14.2 Å². The number of primary amides is 2. The lowest BCUT2D eigenvalue weighted by molar-refractivity contribution is -0.290. The van der Waals surface area contributed by atoms with Gasteiger partial charge in [-0.05, 0) is 87.9 Å². The van der Waals surface area contributed by atoms with Gasteiger partial charge >= 0.3 is 41.9 Å². The highest BCUT2D eigenvalue weighted by Crippen LogP contribution is 2.48. The molecule has 0 saturated carbocycles. The normalized spacial score (nSPS) is 20.4. The third kappa shape index (κ3) is 29.3. The summed E-state index contributed by atoms with van der Waals surface area (Å²) in [4.78, 5) is 154. The van der Waals surface area contributed by atoms with Gasteiger partial charge in [0.25, 0.3) is 0 Å². The van der Waals surface area contributed by atoms with Crippen LogP contribution in [0.3, 0.4) is 0 Å². The number of esters is 6. The highest BCUT2D eigenvalue weighted by atomic mass is 31.2. The Hall–Kier alpha value is -9.66. The average molecular weight is 1570 g/mol. The van der Waals surface area contributed by atoms with Crippen LogP contribution in [0.2, 0.25) is 0 Å². The van der Waals surface area contributed by atoms with Crippen LogP contribution in [0.5, 0.6) is 11.5 Å². The molecular weight excluding hydrogens is 1460 g/mol. The van der Waals surface area contributed by atoms with E-state index in [2.05, 4.69) is 32.0 Å². The van der Waals surface area contributed by atoms with Crippen LogP contribution in [0.1, 0.15) is 124 Å². The van der Waals surface area contributed by atoms with Crippen molar-refractivity contribution in [1.29, 1.82) is 5.26 Å². The Morgan fingerprint density at radius 2 is 1.01 bits per heavy atom. The predicted octanol–water partition coefficient (Wildman–Crippen LogP) is 3.67. The topological polar surface area (TPSA) is 470 Å². The maximum atomic E-state index is 14.3. The lowest BCUT2D eigenvalue weighted by Crippen LogP contribution is -2.60. The van der Waals surface area contributed by atoms with Crippen LogP contribution in [-0.2, 0) is 120 Å². The number of unbranched alkanes of at least 4 members (excludes halogenated alkanes) is 1. The number of hydrogen-bond donors (Lipinski definition) is 6. The molecule has 0 radical (unpaired) electrons. The number of amides is 6. The fraction of sp³-hybridized carbons (Fsp3) is 0.581. The zero-order valence-corrected chi connectivity index (χ0v) is 64.8. The smallest absolute Gasteiger partial charge is 0.407 e. The van der Waals surface area contributed by atoms with Crippen LogP contribution in [0.4, 0.5) is 4.79 Å². The molecule has 2 aliphatic heterocycles. The molecule has 3 aromatic carbocycles. The van der Waals surface area contributed by atoms with Crippen molar-refractivity contribution >= 4 is 79.7 Å². The van der Waals surface area contributed by atoms with E-state index in [4.69, 9.17) is 82.3 Å². The van der Waals surface area contributed by atoms with Gasteiger partial charge in [0.05, 0.1) is 38.7 Å². The summed E-state index contributed by atoms with van der Waals surface area (Å²) in [7, 11) is 1.59. The van der Waals surface area contributed by atoms with Gasteiger partial charge in [-0.2, -0.15) is 5.26 Å². The number of alkyl carbamates (subject to hydrolysis) is 1. The van der Waals surface area contributed by atoms with Gasteiger partial charge in [0.1, 0.15) is 95.0 Å². The SMILES string of the molecule is COc1ccc(C(OC[C@H](COC(=O)NCCNC(=O)[C@H](CCCCNC(=O)CO[C@@H]2O[C@H](COC(C)=O)[C@H](OC(C)=O)[C@H](OC(C)=O)[C@H]2CC(N)=O)NC(=O)CO[C@@H]2O[C@H](COC(C)=O)[C@H](OC(C)=O)[C@H](OC(C)=O)[C@H]2CC(N)=O)OP(CCC#N)N(C(C)C)C(C)C)(c2ccccc2)c2ccc(OC)cc2)cc1. The van der Waals surface area contributed by atoms with Crippen molar-refractivity contribution < 1.29 is 128 Å². The number of rotatable bonds is 45. The number of methoxy groups -OCH3 is 2. The third-order valence-electron chi connectivity index (χ3n) is 16.9. The first-order valence-corrected chi connectivity index (χ1v) is 37.1. The van der Waals surface area contributed by atoms with E-state index in [1.807, 2.05) is 107 Å². The highest BCUT2D eigenvalue weighted by molar-refractivity contribution is 7.50. The lowest BCUT2D eigenvalue weighted by atomic mass is 9.80. The maximum absolute atomic E-state index is 14.3. The Morgan fingerprint density at radius 3 is 1.45 bits per heavy atom. The molecule has 2 fully saturated rings. The standard InChI is InChI=1S/C74H103N8O27P/c1-43(2)82(44(3)4)110(34-18-30-75)109-56(38-102-74(51-19-14-13-15-20-51,52-22-26-54(95-11)27-23-52)53-24-28-55(96-12)29-25-53)37-101-73(94)80-33-32-79-70(93)59(81-65(92)42-100-72-58(36-63(77)90)67(104-48(8)86)69(106-50(10)88)61(108-72)40-98-46(6)84)21-16-17-31-78-64(91)41-99-71-57(35-62(76)89)66(103-47(7)85)68(105-49(9)87)60(107-71)39-97-45(5)83/h13-15,19-20,22-29,43-44,56-61,66-69,71-72H,16-18,21,31-42H2,1-12H3,(H2,76,89)(H2,77,90)(H,78,91)(H,79,93)(H,80,94)(H,81,92)/t56-,57+,58+,59-,60+,61+,66+,67+,68-,69-,71+,72+,110?/m0/s1. The molecule has 13 atom stereocenters. The minimum Gasteiger partial charge on any atom is -0.497 e. The van der Waals surface area contributed by atoms with Crippen LogP contribution in [0.15, 0.2) is 78.9 Å². The molecule has 0 aromatic heterocycles. The first kappa shape index (κ1) is 91.0. The fourth-order valence-corrected chi connectivity index (χ4v) is 14.7. The summed E-state index contributed by atoms with van der Waals surface area (Å²) < 4.78 is 89.3. The van der Waals surface area contributed by atoms with Gasteiger partial charge in [0.2, 0.25) is 29.5 Å². The quantitative estimate of drug-likeness (QED) is 0.0154.